The molecule has 0 aliphatic heterocycles. The molecule has 1 rings (SSSR count). The number of aliphatic hydroxyl groups is 1. The van der Waals surface area contributed by atoms with Gasteiger partial charge in [-0.2, -0.15) is 0 Å². The van der Waals surface area contributed by atoms with E-state index in [1.54, 1.807) is 0 Å². The summed E-state index contributed by atoms with van der Waals surface area (Å²) in [4.78, 5) is 10.3. The Morgan fingerprint density at radius 1 is 1.33 bits per heavy atom. The van der Waals surface area contributed by atoms with Crippen LogP contribution < -0.4 is 0 Å². The van der Waals surface area contributed by atoms with Crippen LogP contribution in [-0.4, -0.2) is 18.0 Å². The Bertz CT molecular complexity index is 407. The monoisotopic (exact) mass is 210 g/mol. The first-order valence-electron chi connectivity index (χ1n) is 4.23. The molecule has 0 atom stereocenters. The van der Waals surface area contributed by atoms with E-state index in [0.717, 1.165) is 12.1 Å². The number of hydrogen-bond acceptors (Lipinski definition) is 2. The SMILES string of the molecule is O=Cc1c(F)cc(C#CCCO)cc1F. The van der Waals surface area contributed by atoms with E-state index in [1.165, 1.54) is 0 Å². The summed E-state index contributed by atoms with van der Waals surface area (Å²) in [6.45, 7) is -0.107. The van der Waals surface area contributed by atoms with Crippen LogP contribution in [0.1, 0.15) is 22.3 Å². The van der Waals surface area contributed by atoms with Gasteiger partial charge in [-0.1, -0.05) is 11.8 Å². The summed E-state index contributed by atoms with van der Waals surface area (Å²) in [5, 5.41) is 8.44. The van der Waals surface area contributed by atoms with Gasteiger partial charge in [-0.25, -0.2) is 8.78 Å². The van der Waals surface area contributed by atoms with Gasteiger partial charge in [0.1, 0.15) is 11.6 Å². The highest BCUT2D eigenvalue weighted by Gasteiger charge is 2.08. The zero-order valence-electron chi connectivity index (χ0n) is 7.76. The molecule has 1 aromatic rings. The number of rotatable bonds is 2. The van der Waals surface area contributed by atoms with E-state index in [1.807, 2.05) is 0 Å². The van der Waals surface area contributed by atoms with Crippen molar-refractivity contribution < 1.29 is 18.7 Å². The molecule has 0 fully saturated rings. The Hall–Kier alpha value is -1.73. The molecular weight excluding hydrogens is 202 g/mol. The number of carbonyl (C=O) groups is 1. The van der Waals surface area contributed by atoms with Gasteiger partial charge in [-0.3, -0.25) is 4.79 Å². The number of hydrogen-bond donors (Lipinski definition) is 1. The zero-order valence-corrected chi connectivity index (χ0v) is 7.76. The Balaban J connectivity index is 3.05. The fraction of sp³-hybridized carbons (Fsp3) is 0.182. The molecule has 15 heavy (non-hydrogen) atoms. The molecule has 0 aliphatic rings. The summed E-state index contributed by atoms with van der Waals surface area (Å²) in [6, 6.07) is 1.97. The Labute approximate surface area is 85.5 Å². The maximum Gasteiger partial charge on any atom is 0.155 e. The van der Waals surface area contributed by atoms with Crippen LogP contribution in [0.25, 0.3) is 0 Å². The third kappa shape index (κ3) is 2.86. The highest BCUT2D eigenvalue weighted by molar-refractivity contribution is 5.76. The maximum atomic E-state index is 13.0. The average Bonchev–Trinajstić information content (AvgIpc) is 2.18. The van der Waals surface area contributed by atoms with E-state index < -0.39 is 17.2 Å². The van der Waals surface area contributed by atoms with Crippen LogP contribution in [0.2, 0.25) is 0 Å². The summed E-state index contributed by atoms with van der Waals surface area (Å²) in [5.41, 5.74) is -0.452. The quantitative estimate of drug-likeness (QED) is 0.593. The number of aliphatic hydroxyl groups excluding tert-OH is 1. The van der Waals surface area contributed by atoms with E-state index in [4.69, 9.17) is 5.11 Å². The molecule has 2 nitrogen and oxygen atoms in total. The lowest BCUT2D eigenvalue weighted by Crippen LogP contribution is -1.94. The minimum atomic E-state index is -0.932. The van der Waals surface area contributed by atoms with Crippen LogP contribution in [-0.2, 0) is 0 Å². The van der Waals surface area contributed by atoms with Gasteiger partial charge in [-0.15, -0.1) is 0 Å². The van der Waals surface area contributed by atoms with Crippen LogP contribution >= 0.6 is 0 Å². The van der Waals surface area contributed by atoms with Crippen LogP contribution in [0.3, 0.4) is 0 Å². The lowest BCUT2D eigenvalue weighted by molar-refractivity contribution is 0.111. The second kappa shape index (κ2) is 5.23. The van der Waals surface area contributed by atoms with Crippen LogP contribution in [0.4, 0.5) is 8.78 Å². The smallest absolute Gasteiger partial charge is 0.155 e. The first-order chi connectivity index (χ1) is 7.19. The summed E-state index contributed by atoms with van der Waals surface area (Å²) in [6.07, 6.45) is 0.355. The molecule has 0 saturated carbocycles. The molecule has 1 N–H and O–H groups in total. The van der Waals surface area contributed by atoms with Gasteiger partial charge in [0, 0.05) is 12.0 Å². The molecule has 4 heteroatoms. The fourth-order valence-corrected chi connectivity index (χ4v) is 0.990. The number of carbonyl (C=O) groups excluding carboxylic acids is 1. The molecular formula is C11H8F2O2. The van der Waals surface area contributed by atoms with Crippen molar-refractivity contribution in [3.8, 4) is 11.8 Å². The normalized spacial score (nSPS) is 9.27. The third-order valence-electron chi connectivity index (χ3n) is 1.67. The molecule has 0 amide bonds. The second-order valence-electron chi connectivity index (χ2n) is 2.75. The highest BCUT2D eigenvalue weighted by Crippen LogP contribution is 2.12. The van der Waals surface area contributed by atoms with Gasteiger partial charge in [0.25, 0.3) is 0 Å². The summed E-state index contributed by atoms with van der Waals surface area (Å²) in [5.74, 6) is 3.13. The van der Waals surface area contributed by atoms with Gasteiger partial charge >= 0.3 is 0 Å². The molecule has 0 bridgehead atoms. The predicted molar refractivity (Wildman–Crippen MR) is 50.3 cm³/mol. The van der Waals surface area contributed by atoms with Crippen molar-refractivity contribution >= 4 is 6.29 Å². The predicted octanol–water partition coefficient (Wildman–Crippen LogP) is 1.51. The van der Waals surface area contributed by atoms with Crippen molar-refractivity contribution in [3.05, 3.63) is 34.9 Å². The first kappa shape index (κ1) is 11.3. The van der Waals surface area contributed by atoms with E-state index in [2.05, 4.69) is 11.8 Å². The van der Waals surface area contributed by atoms with Crippen molar-refractivity contribution in [2.75, 3.05) is 6.61 Å². The van der Waals surface area contributed by atoms with E-state index >= 15 is 0 Å². The van der Waals surface area contributed by atoms with Gasteiger partial charge < -0.3 is 5.11 Å². The molecule has 0 heterocycles. The van der Waals surface area contributed by atoms with Crippen molar-refractivity contribution in [2.45, 2.75) is 6.42 Å². The Kier molecular flexibility index (Phi) is 3.95. The molecule has 78 valence electrons. The van der Waals surface area contributed by atoms with Gasteiger partial charge in [0.05, 0.1) is 12.2 Å². The van der Waals surface area contributed by atoms with Crippen molar-refractivity contribution in [2.24, 2.45) is 0 Å². The largest absolute Gasteiger partial charge is 0.395 e. The number of halogens is 2. The minimum Gasteiger partial charge on any atom is -0.395 e. The zero-order chi connectivity index (χ0) is 11.3. The molecule has 0 unspecified atom stereocenters. The standard InChI is InChI=1S/C11H8F2O2/c12-10-5-8(3-1-2-4-14)6-11(13)9(10)7-15/h5-7,14H,2,4H2. The molecule has 1 aromatic carbocycles. The molecule has 0 aliphatic carbocycles. The Morgan fingerprint density at radius 2 is 1.93 bits per heavy atom. The van der Waals surface area contributed by atoms with Crippen molar-refractivity contribution in [1.29, 1.82) is 0 Å². The molecule has 0 saturated heterocycles. The third-order valence-corrected chi connectivity index (χ3v) is 1.67. The van der Waals surface area contributed by atoms with E-state index in [9.17, 15) is 13.6 Å². The van der Waals surface area contributed by atoms with E-state index in [-0.39, 0.29) is 24.9 Å². The van der Waals surface area contributed by atoms with Gasteiger partial charge in [-0.05, 0) is 12.1 Å². The van der Waals surface area contributed by atoms with E-state index in [0.29, 0.717) is 0 Å². The van der Waals surface area contributed by atoms with Gasteiger partial charge in [0.15, 0.2) is 6.29 Å². The summed E-state index contributed by atoms with van der Waals surface area (Å²) in [7, 11) is 0. The average molecular weight is 210 g/mol. The Morgan fingerprint density at radius 3 is 2.40 bits per heavy atom. The van der Waals surface area contributed by atoms with Crippen molar-refractivity contribution in [1.82, 2.24) is 0 Å². The van der Waals surface area contributed by atoms with Crippen molar-refractivity contribution in [3.63, 3.8) is 0 Å². The first-order valence-corrected chi connectivity index (χ1v) is 4.23. The molecule has 0 spiro atoms. The minimum absolute atomic E-state index is 0.107. The lowest BCUT2D eigenvalue weighted by atomic mass is 10.1. The molecule has 0 radical (unpaired) electrons. The maximum absolute atomic E-state index is 13.0. The number of benzene rings is 1. The van der Waals surface area contributed by atoms with Crippen LogP contribution in [0, 0.1) is 23.5 Å². The lowest BCUT2D eigenvalue weighted by Gasteiger charge is -1.97. The van der Waals surface area contributed by atoms with Gasteiger partial charge in [0.2, 0.25) is 0 Å². The highest BCUT2D eigenvalue weighted by atomic mass is 19.1. The topological polar surface area (TPSA) is 37.3 Å². The second-order valence-corrected chi connectivity index (χ2v) is 2.75. The summed E-state index contributed by atoms with van der Waals surface area (Å²) >= 11 is 0. The van der Waals surface area contributed by atoms with Crippen LogP contribution in [0.15, 0.2) is 12.1 Å². The molecule has 0 aromatic heterocycles. The fourth-order valence-electron chi connectivity index (χ4n) is 0.990. The van der Waals surface area contributed by atoms with Crippen LogP contribution in [0.5, 0.6) is 0 Å². The number of aldehydes is 1. The summed E-state index contributed by atoms with van der Waals surface area (Å²) < 4.78 is 26.1.